The number of imidazole rings is 1. The zero-order valence-corrected chi connectivity index (χ0v) is 15.9. The van der Waals surface area contributed by atoms with Gasteiger partial charge in [-0.25, -0.2) is 4.98 Å². The number of nitrogens with zero attached hydrogens (tertiary/aromatic N) is 3. The maximum Gasteiger partial charge on any atom is 0.308 e. The number of methoxy groups -OCH3 is 1. The molecule has 28 heavy (non-hydrogen) atoms. The maximum atomic E-state index is 13.2. The van der Waals surface area contributed by atoms with E-state index in [9.17, 15) is 14.4 Å². The number of carbonyl (C=O) groups excluding carboxylic acids is 3. The summed E-state index contributed by atoms with van der Waals surface area (Å²) in [5, 5.41) is 4.42. The van der Waals surface area contributed by atoms with Crippen molar-refractivity contribution in [1.29, 1.82) is 0 Å². The molecule has 9 heteroatoms. The Balaban J connectivity index is 1.66. The minimum Gasteiger partial charge on any atom is -0.469 e. The molecule has 1 atom stereocenters. The van der Waals surface area contributed by atoms with Gasteiger partial charge in [-0.3, -0.25) is 18.8 Å². The molecule has 144 valence electrons. The smallest absolute Gasteiger partial charge is 0.308 e. The summed E-state index contributed by atoms with van der Waals surface area (Å²) in [6, 6.07) is 8.81. The Morgan fingerprint density at radius 1 is 1.32 bits per heavy atom. The zero-order valence-electron chi connectivity index (χ0n) is 15.1. The van der Waals surface area contributed by atoms with Crippen molar-refractivity contribution in [2.45, 2.75) is 12.5 Å². The van der Waals surface area contributed by atoms with Crippen LogP contribution in [-0.2, 0) is 14.3 Å². The standard InChI is InChI=1S/C19H18N4O4S/c1-27-16(24)9-14-17(25)20-7-8-22(14)18(26)15-11-28-19-21-13(10-23(15)19)12-5-3-2-4-6-12/h2-6,10-11,14H,7-9H2,1H3,(H,20,25)/t14-/m1/s1. The van der Waals surface area contributed by atoms with Crippen LogP contribution in [0.1, 0.15) is 16.9 Å². The molecule has 3 heterocycles. The molecule has 2 amide bonds. The first-order chi connectivity index (χ1) is 13.6. The summed E-state index contributed by atoms with van der Waals surface area (Å²) in [5.41, 5.74) is 2.14. The third-order valence-corrected chi connectivity index (χ3v) is 5.52. The van der Waals surface area contributed by atoms with E-state index in [2.05, 4.69) is 15.0 Å². The molecular formula is C19H18N4O4S. The number of nitrogens with one attached hydrogen (secondary N) is 1. The highest BCUT2D eigenvalue weighted by Gasteiger charge is 2.36. The van der Waals surface area contributed by atoms with Gasteiger partial charge in [0.25, 0.3) is 5.91 Å². The van der Waals surface area contributed by atoms with E-state index in [1.54, 1.807) is 9.78 Å². The van der Waals surface area contributed by atoms with Gasteiger partial charge >= 0.3 is 5.97 Å². The van der Waals surface area contributed by atoms with Gasteiger partial charge in [-0.05, 0) is 0 Å². The van der Waals surface area contributed by atoms with Crippen molar-refractivity contribution in [2.75, 3.05) is 20.2 Å². The number of piperazine rings is 1. The SMILES string of the molecule is COC(=O)C[C@@H]1C(=O)NCCN1C(=O)c1csc2nc(-c3ccccc3)cn12. The highest BCUT2D eigenvalue weighted by Crippen LogP contribution is 2.25. The van der Waals surface area contributed by atoms with Crippen LogP contribution in [0.5, 0.6) is 0 Å². The normalized spacial score (nSPS) is 16.8. The fraction of sp³-hybridized carbons (Fsp3) is 0.263. The predicted octanol–water partition coefficient (Wildman–Crippen LogP) is 1.57. The van der Waals surface area contributed by atoms with Crippen molar-refractivity contribution >= 4 is 34.1 Å². The lowest BCUT2D eigenvalue weighted by molar-refractivity contribution is -0.145. The number of hydrogen-bond acceptors (Lipinski definition) is 6. The lowest BCUT2D eigenvalue weighted by Gasteiger charge is -2.34. The summed E-state index contributed by atoms with van der Waals surface area (Å²) in [5.74, 6) is -1.21. The van der Waals surface area contributed by atoms with Crippen molar-refractivity contribution in [3.05, 3.63) is 47.6 Å². The predicted molar refractivity (Wildman–Crippen MR) is 103 cm³/mol. The third-order valence-electron chi connectivity index (χ3n) is 4.68. The van der Waals surface area contributed by atoms with Crippen LogP contribution in [0.4, 0.5) is 0 Å². The summed E-state index contributed by atoms with van der Waals surface area (Å²) < 4.78 is 6.41. The molecule has 0 saturated carbocycles. The zero-order chi connectivity index (χ0) is 19.7. The van der Waals surface area contributed by atoms with Crippen LogP contribution in [0.3, 0.4) is 0 Å². The summed E-state index contributed by atoms with van der Waals surface area (Å²) in [6.45, 7) is 0.665. The fourth-order valence-corrected chi connectivity index (χ4v) is 4.08. The van der Waals surface area contributed by atoms with Crippen molar-refractivity contribution in [3.63, 3.8) is 0 Å². The summed E-state index contributed by atoms with van der Waals surface area (Å²) in [6.07, 6.45) is 1.63. The van der Waals surface area contributed by atoms with Gasteiger partial charge in [-0.1, -0.05) is 30.3 Å². The van der Waals surface area contributed by atoms with Gasteiger partial charge in [0, 0.05) is 30.2 Å². The lowest BCUT2D eigenvalue weighted by Crippen LogP contribution is -2.58. The van der Waals surface area contributed by atoms with E-state index in [1.165, 1.54) is 23.3 Å². The van der Waals surface area contributed by atoms with E-state index in [-0.39, 0.29) is 18.2 Å². The maximum absolute atomic E-state index is 13.2. The monoisotopic (exact) mass is 398 g/mol. The molecule has 3 aromatic rings. The Morgan fingerprint density at radius 3 is 2.86 bits per heavy atom. The molecule has 0 spiro atoms. The van der Waals surface area contributed by atoms with Gasteiger partial charge in [0.2, 0.25) is 5.91 Å². The largest absolute Gasteiger partial charge is 0.469 e. The molecule has 1 saturated heterocycles. The molecule has 0 radical (unpaired) electrons. The van der Waals surface area contributed by atoms with E-state index in [1.807, 2.05) is 36.5 Å². The van der Waals surface area contributed by atoms with E-state index in [0.717, 1.165) is 11.3 Å². The van der Waals surface area contributed by atoms with Crippen LogP contribution in [0.25, 0.3) is 16.2 Å². The third kappa shape index (κ3) is 3.24. The van der Waals surface area contributed by atoms with Gasteiger partial charge < -0.3 is 15.0 Å². The summed E-state index contributed by atoms with van der Waals surface area (Å²) >= 11 is 1.35. The number of aromatic nitrogens is 2. The molecule has 0 aliphatic carbocycles. The molecule has 1 aromatic carbocycles. The first kappa shape index (κ1) is 18.2. The fourth-order valence-electron chi connectivity index (χ4n) is 3.23. The molecule has 1 fully saturated rings. The number of thiazole rings is 1. The highest BCUT2D eigenvalue weighted by molar-refractivity contribution is 7.15. The Morgan fingerprint density at radius 2 is 2.11 bits per heavy atom. The number of hydrogen-bond donors (Lipinski definition) is 1. The van der Waals surface area contributed by atoms with Gasteiger partial charge in [0.1, 0.15) is 11.7 Å². The highest BCUT2D eigenvalue weighted by atomic mass is 32.1. The summed E-state index contributed by atoms with van der Waals surface area (Å²) in [4.78, 5) is 43.9. The van der Waals surface area contributed by atoms with Crippen LogP contribution in [0, 0.1) is 0 Å². The number of fused-ring (bicyclic) bond motifs is 1. The second-order valence-corrected chi connectivity index (χ2v) is 7.19. The van der Waals surface area contributed by atoms with Crippen molar-refractivity contribution in [2.24, 2.45) is 0 Å². The number of esters is 1. The molecular weight excluding hydrogens is 380 g/mol. The lowest BCUT2D eigenvalue weighted by atomic mass is 10.1. The van der Waals surface area contributed by atoms with Crippen molar-refractivity contribution in [1.82, 2.24) is 19.6 Å². The number of ether oxygens (including phenoxy) is 1. The number of carbonyl (C=O) groups is 3. The Hall–Kier alpha value is -3.20. The molecule has 0 unspecified atom stereocenters. The summed E-state index contributed by atoms with van der Waals surface area (Å²) in [7, 11) is 1.26. The Kier molecular flexibility index (Phi) is 4.82. The van der Waals surface area contributed by atoms with Crippen LogP contribution in [0.2, 0.25) is 0 Å². The number of amides is 2. The number of rotatable bonds is 4. The minimum absolute atomic E-state index is 0.180. The minimum atomic E-state index is -0.888. The van der Waals surface area contributed by atoms with Crippen LogP contribution < -0.4 is 5.32 Å². The van der Waals surface area contributed by atoms with Gasteiger partial charge in [0.05, 0.1) is 19.2 Å². The van der Waals surface area contributed by atoms with Crippen LogP contribution in [-0.4, -0.2) is 58.3 Å². The Labute approximate surface area is 164 Å². The van der Waals surface area contributed by atoms with Crippen LogP contribution in [0.15, 0.2) is 41.9 Å². The first-order valence-corrected chi connectivity index (χ1v) is 9.64. The van der Waals surface area contributed by atoms with E-state index in [0.29, 0.717) is 23.7 Å². The number of benzene rings is 1. The molecule has 1 aliphatic heterocycles. The van der Waals surface area contributed by atoms with E-state index in [4.69, 9.17) is 0 Å². The molecule has 0 bridgehead atoms. The average molecular weight is 398 g/mol. The molecule has 4 rings (SSSR count). The van der Waals surface area contributed by atoms with Crippen LogP contribution >= 0.6 is 11.3 Å². The molecule has 1 N–H and O–H groups in total. The molecule has 2 aromatic heterocycles. The van der Waals surface area contributed by atoms with Gasteiger partial charge in [-0.15, -0.1) is 11.3 Å². The second kappa shape index (κ2) is 7.43. The quantitative estimate of drug-likeness (QED) is 0.674. The average Bonchev–Trinajstić information content (AvgIpc) is 3.30. The first-order valence-electron chi connectivity index (χ1n) is 8.76. The Bertz CT molecular complexity index is 1040. The van der Waals surface area contributed by atoms with E-state index >= 15 is 0 Å². The van der Waals surface area contributed by atoms with Gasteiger partial charge in [-0.2, -0.15) is 0 Å². The van der Waals surface area contributed by atoms with Gasteiger partial charge in [0.15, 0.2) is 4.96 Å². The molecule has 8 nitrogen and oxygen atoms in total. The topological polar surface area (TPSA) is 93.0 Å². The second-order valence-electron chi connectivity index (χ2n) is 6.35. The van der Waals surface area contributed by atoms with Crippen molar-refractivity contribution < 1.29 is 19.1 Å². The van der Waals surface area contributed by atoms with E-state index < -0.39 is 12.0 Å². The molecule has 1 aliphatic rings. The van der Waals surface area contributed by atoms with Crippen molar-refractivity contribution in [3.8, 4) is 11.3 Å².